The zero-order valence-corrected chi connectivity index (χ0v) is 20.6. The molecule has 0 radical (unpaired) electrons. The number of rotatable bonds is 5. The van der Waals surface area contributed by atoms with E-state index in [2.05, 4.69) is 25.1 Å². The van der Waals surface area contributed by atoms with Crippen molar-refractivity contribution in [2.24, 2.45) is 5.92 Å². The third-order valence-corrected chi connectivity index (χ3v) is 7.90. The molecule has 2 aliphatic heterocycles. The molecule has 2 atom stereocenters. The predicted octanol–water partition coefficient (Wildman–Crippen LogP) is 4.36. The van der Waals surface area contributed by atoms with Gasteiger partial charge in [-0.25, -0.2) is 9.97 Å². The van der Waals surface area contributed by atoms with Crippen molar-refractivity contribution in [1.29, 1.82) is 0 Å². The van der Waals surface area contributed by atoms with E-state index in [1.807, 2.05) is 13.0 Å². The SMILES string of the molecule is Cc1ncc(C(=O)Nc2cc(Cl)cc(CN3CC4CCC(C3)N4C(=O)C3CCCC3)c2C)cn1. The van der Waals surface area contributed by atoms with E-state index in [9.17, 15) is 9.59 Å². The van der Waals surface area contributed by atoms with Crippen molar-refractivity contribution in [2.45, 2.75) is 71.0 Å². The van der Waals surface area contributed by atoms with Crippen LogP contribution in [-0.2, 0) is 11.3 Å². The van der Waals surface area contributed by atoms with Crippen molar-refractivity contribution in [1.82, 2.24) is 19.8 Å². The van der Waals surface area contributed by atoms with E-state index in [1.165, 1.54) is 25.2 Å². The second-order valence-electron chi connectivity index (χ2n) is 10.0. The molecule has 2 bridgehead atoms. The van der Waals surface area contributed by atoms with Gasteiger partial charge in [0.1, 0.15) is 5.82 Å². The summed E-state index contributed by atoms with van der Waals surface area (Å²) < 4.78 is 0. The number of fused-ring (bicyclic) bond motifs is 2. The monoisotopic (exact) mass is 481 g/mol. The number of nitrogens with one attached hydrogen (secondary N) is 1. The lowest BCUT2D eigenvalue weighted by atomic mass is 10.0. The smallest absolute Gasteiger partial charge is 0.258 e. The lowest BCUT2D eigenvalue weighted by Gasteiger charge is -2.42. The minimum Gasteiger partial charge on any atom is -0.334 e. The Balaban J connectivity index is 1.28. The molecule has 34 heavy (non-hydrogen) atoms. The summed E-state index contributed by atoms with van der Waals surface area (Å²) in [7, 11) is 0. The van der Waals surface area contributed by atoms with Crippen molar-refractivity contribution >= 4 is 29.1 Å². The second kappa shape index (κ2) is 9.62. The van der Waals surface area contributed by atoms with Gasteiger partial charge in [0.05, 0.1) is 5.56 Å². The molecule has 7 nitrogen and oxygen atoms in total. The summed E-state index contributed by atoms with van der Waals surface area (Å²) in [5, 5.41) is 3.56. The molecular weight excluding hydrogens is 450 g/mol. The second-order valence-corrected chi connectivity index (χ2v) is 10.5. The fraction of sp³-hybridized carbons (Fsp3) is 0.538. The summed E-state index contributed by atoms with van der Waals surface area (Å²) in [6.07, 6.45) is 9.74. The number of hydrogen-bond donors (Lipinski definition) is 1. The lowest BCUT2D eigenvalue weighted by molar-refractivity contribution is -0.141. The van der Waals surface area contributed by atoms with Crippen LogP contribution in [0.4, 0.5) is 5.69 Å². The number of benzene rings is 1. The molecule has 1 saturated carbocycles. The number of nitrogens with zero attached hydrogens (tertiary/aromatic N) is 4. The van der Waals surface area contributed by atoms with Crippen molar-refractivity contribution in [3.8, 4) is 0 Å². The highest BCUT2D eigenvalue weighted by Crippen LogP contribution is 2.36. The van der Waals surface area contributed by atoms with Crippen LogP contribution in [0.5, 0.6) is 0 Å². The fourth-order valence-electron chi connectivity index (χ4n) is 5.84. The van der Waals surface area contributed by atoms with Gasteiger partial charge in [0, 0.05) is 60.7 Å². The summed E-state index contributed by atoms with van der Waals surface area (Å²) in [4.78, 5) is 38.7. The van der Waals surface area contributed by atoms with E-state index < -0.39 is 0 Å². The number of halogens is 1. The average Bonchev–Trinajstić information content (AvgIpc) is 3.44. The molecule has 1 aromatic carbocycles. The van der Waals surface area contributed by atoms with E-state index in [0.29, 0.717) is 40.1 Å². The molecule has 0 spiro atoms. The summed E-state index contributed by atoms with van der Waals surface area (Å²) >= 11 is 6.45. The van der Waals surface area contributed by atoms with E-state index >= 15 is 0 Å². The van der Waals surface area contributed by atoms with Crippen LogP contribution in [0.3, 0.4) is 0 Å². The van der Waals surface area contributed by atoms with E-state index in [-0.39, 0.29) is 11.8 Å². The minimum absolute atomic E-state index is 0.245. The molecule has 1 aromatic heterocycles. The van der Waals surface area contributed by atoms with Crippen molar-refractivity contribution in [3.63, 3.8) is 0 Å². The van der Waals surface area contributed by atoms with Crippen LogP contribution in [0.2, 0.25) is 5.02 Å². The van der Waals surface area contributed by atoms with E-state index in [1.54, 1.807) is 13.0 Å². The summed E-state index contributed by atoms with van der Waals surface area (Å²) in [5.74, 6) is 1.01. The van der Waals surface area contributed by atoms with Crippen LogP contribution in [0.25, 0.3) is 0 Å². The predicted molar refractivity (Wildman–Crippen MR) is 132 cm³/mol. The molecule has 180 valence electrons. The lowest BCUT2D eigenvalue weighted by Crippen LogP contribution is -2.56. The number of piperazine rings is 1. The van der Waals surface area contributed by atoms with Crippen LogP contribution < -0.4 is 5.32 Å². The molecule has 3 heterocycles. The van der Waals surface area contributed by atoms with E-state index in [4.69, 9.17) is 11.6 Å². The maximum absolute atomic E-state index is 13.1. The highest BCUT2D eigenvalue weighted by Gasteiger charge is 2.44. The van der Waals surface area contributed by atoms with Crippen LogP contribution in [0.15, 0.2) is 24.5 Å². The van der Waals surface area contributed by atoms with Gasteiger partial charge in [-0.05, 0) is 62.8 Å². The summed E-state index contributed by atoms with van der Waals surface area (Å²) in [5.41, 5.74) is 3.21. The molecule has 2 amide bonds. The first kappa shape index (κ1) is 23.2. The first-order chi connectivity index (χ1) is 16.4. The van der Waals surface area contributed by atoms with Crippen LogP contribution in [-0.4, -0.2) is 56.8 Å². The fourth-order valence-corrected chi connectivity index (χ4v) is 6.08. The van der Waals surface area contributed by atoms with Crippen molar-refractivity contribution in [3.05, 3.63) is 52.1 Å². The first-order valence-corrected chi connectivity index (χ1v) is 12.7. The van der Waals surface area contributed by atoms with Crippen LogP contribution in [0.1, 0.15) is 65.8 Å². The Morgan fingerprint density at radius 2 is 1.68 bits per heavy atom. The Kier molecular flexibility index (Phi) is 6.58. The van der Waals surface area contributed by atoms with Gasteiger partial charge in [-0.1, -0.05) is 24.4 Å². The Bertz CT molecular complexity index is 1070. The standard InChI is InChI=1S/C26H32ClN5O2/c1-16-19(9-21(27)10-24(16)30-25(33)20-11-28-17(2)29-12-20)13-31-14-22-7-8-23(15-31)32(22)26(34)18-5-3-4-6-18/h9-12,18,22-23H,3-8,13-15H2,1-2H3,(H,30,33). The topological polar surface area (TPSA) is 78.4 Å². The van der Waals surface area contributed by atoms with Gasteiger partial charge < -0.3 is 10.2 Å². The van der Waals surface area contributed by atoms with Crippen LogP contribution in [0, 0.1) is 19.8 Å². The summed E-state index contributed by atoms with van der Waals surface area (Å²) in [6, 6.07) is 4.40. The average molecular weight is 482 g/mol. The largest absolute Gasteiger partial charge is 0.334 e. The van der Waals surface area contributed by atoms with Gasteiger partial charge in [-0.3, -0.25) is 14.5 Å². The molecule has 3 aliphatic rings. The number of carbonyl (C=O) groups excluding carboxylic acids is 2. The number of aromatic nitrogens is 2. The Labute approximate surface area is 205 Å². The number of hydrogen-bond acceptors (Lipinski definition) is 5. The number of anilines is 1. The minimum atomic E-state index is -0.256. The van der Waals surface area contributed by atoms with Gasteiger partial charge in [0.25, 0.3) is 5.91 Å². The maximum Gasteiger partial charge on any atom is 0.258 e. The zero-order valence-electron chi connectivity index (χ0n) is 19.9. The van der Waals surface area contributed by atoms with Gasteiger partial charge >= 0.3 is 0 Å². The molecule has 1 aliphatic carbocycles. The van der Waals surface area contributed by atoms with Crippen molar-refractivity contribution < 1.29 is 9.59 Å². The molecule has 2 aromatic rings. The van der Waals surface area contributed by atoms with E-state index in [0.717, 1.165) is 56.4 Å². The third-order valence-electron chi connectivity index (χ3n) is 7.68. The molecule has 5 rings (SSSR count). The van der Waals surface area contributed by atoms with Crippen LogP contribution >= 0.6 is 11.6 Å². The number of carbonyl (C=O) groups is 2. The zero-order chi connectivity index (χ0) is 23.8. The van der Waals surface area contributed by atoms with Gasteiger partial charge in [-0.2, -0.15) is 0 Å². The Morgan fingerprint density at radius 1 is 1.03 bits per heavy atom. The molecule has 1 N–H and O–H groups in total. The number of amides is 2. The highest BCUT2D eigenvalue weighted by atomic mass is 35.5. The molecule has 2 saturated heterocycles. The molecule has 3 fully saturated rings. The van der Waals surface area contributed by atoms with Crippen molar-refractivity contribution in [2.75, 3.05) is 18.4 Å². The Morgan fingerprint density at radius 3 is 2.32 bits per heavy atom. The quantitative estimate of drug-likeness (QED) is 0.686. The van der Waals surface area contributed by atoms with Gasteiger partial charge in [0.15, 0.2) is 0 Å². The number of aryl methyl sites for hydroxylation is 1. The molecule has 8 heteroatoms. The molecule has 2 unspecified atom stereocenters. The van der Waals surface area contributed by atoms with Gasteiger partial charge in [0.2, 0.25) is 5.91 Å². The maximum atomic E-state index is 13.1. The highest BCUT2D eigenvalue weighted by molar-refractivity contribution is 6.31. The van der Waals surface area contributed by atoms with Gasteiger partial charge in [-0.15, -0.1) is 0 Å². The molecular formula is C26H32ClN5O2. The normalized spacial score (nSPS) is 22.9. The third kappa shape index (κ3) is 4.68. The number of likely N-dealkylation sites (tertiary alicyclic amines) is 1. The first-order valence-electron chi connectivity index (χ1n) is 12.3. The Hall–Kier alpha value is -2.51. The summed E-state index contributed by atoms with van der Waals surface area (Å²) in [6.45, 7) is 6.33.